The van der Waals surface area contributed by atoms with Crippen molar-refractivity contribution in [3.63, 3.8) is 0 Å². The van der Waals surface area contributed by atoms with Crippen LogP contribution in [0, 0.1) is 0 Å². The molecule has 2 rings (SSSR count). The van der Waals surface area contributed by atoms with Crippen molar-refractivity contribution in [2.45, 2.75) is 32.2 Å². The Balaban J connectivity index is 1.97. The fourth-order valence-electron chi connectivity index (χ4n) is 2.30. The monoisotopic (exact) mass is 329 g/mol. The Kier molecular flexibility index (Phi) is 5.42. The number of carbonyl (C=O) groups excluding carboxylic acids is 2. The zero-order chi connectivity index (χ0) is 15.4. The molecule has 5 nitrogen and oxygen atoms in total. The van der Waals surface area contributed by atoms with Gasteiger partial charge in [-0.25, -0.2) is 4.98 Å². The molecule has 0 saturated carbocycles. The van der Waals surface area contributed by atoms with E-state index in [9.17, 15) is 9.59 Å². The lowest BCUT2D eigenvalue weighted by molar-refractivity contribution is -0.121. The molecule has 0 aliphatic carbocycles. The molecule has 0 aromatic carbocycles. The van der Waals surface area contributed by atoms with E-state index in [2.05, 4.69) is 10.3 Å². The summed E-state index contributed by atoms with van der Waals surface area (Å²) in [5.74, 6) is -0.103. The van der Waals surface area contributed by atoms with Crippen molar-refractivity contribution < 1.29 is 9.59 Å². The minimum Gasteiger partial charge on any atom is -0.353 e. The van der Waals surface area contributed by atoms with E-state index < -0.39 is 0 Å². The average molecular weight is 330 g/mol. The van der Waals surface area contributed by atoms with E-state index in [4.69, 9.17) is 23.2 Å². The number of carbonyl (C=O) groups is 2. The van der Waals surface area contributed by atoms with Crippen molar-refractivity contribution in [1.82, 2.24) is 15.2 Å². The van der Waals surface area contributed by atoms with E-state index in [0.717, 1.165) is 12.8 Å². The zero-order valence-corrected chi connectivity index (χ0v) is 13.2. The first-order chi connectivity index (χ1) is 10.0. The first kappa shape index (κ1) is 16.0. The Bertz CT molecular complexity index is 543. The van der Waals surface area contributed by atoms with Crippen molar-refractivity contribution in [1.29, 1.82) is 0 Å². The predicted molar refractivity (Wildman–Crippen MR) is 81.6 cm³/mol. The summed E-state index contributed by atoms with van der Waals surface area (Å²) in [5, 5.41) is 3.49. The van der Waals surface area contributed by atoms with Gasteiger partial charge in [-0.05, 0) is 18.9 Å². The Morgan fingerprint density at radius 2 is 2.05 bits per heavy atom. The molecule has 0 bridgehead atoms. The normalized spacial score (nSPS) is 15.9. The third-order valence-corrected chi connectivity index (χ3v) is 4.03. The minimum absolute atomic E-state index is 0.0451. The third-order valence-electron chi connectivity index (χ3n) is 3.52. The van der Waals surface area contributed by atoms with Gasteiger partial charge in [-0.2, -0.15) is 0 Å². The van der Waals surface area contributed by atoms with Crippen LogP contribution in [0.15, 0.2) is 12.3 Å². The molecule has 0 radical (unpaired) electrons. The second-order valence-corrected chi connectivity index (χ2v) is 5.77. The highest BCUT2D eigenvalue weighted by atomic mass is 35.5. The number of pyridine rings is 1. The van der Waals surface area contributed by atoms with E-state index >= 15 is 0 Å². The Labute approximate surface area is 133 Å². The minimum atomic E-state index is -0.149. The van der Waals surface area contributed by atoms with Crippen LogP contribution in [0.4, 0.5) is 0 Å². The van der Waals surface area contributed by atoms with Crippen molar-refractivity contribution in [3.8, 4) is 0 Å². The molecule has 1 fully saturated rings. The molecule has 1 N–H and O–H groups in total. The third kappa shape index (κ3) is 4.08. The Morgan fingerprint density at radius 1 is 1.38 bits per heavy atom. The lowest BCUT2D eigenvalue weighted by Gasteiger charge is -2.32. The summed E-state index contributed by atoms with van der Waals surface area (Å²) in [6.07, 6.45) is 3.34. The van der Waals surface area contributed by atoms with Crippen LogP contribution in [0.5, 0.6) is 0 Å². The van der Waals surface area contributed by atoms with Gasteiger partial charge in [0.05, 0.1) is 10.6 Å². The number of hydrogen-bond acceptors (Lipinski definition) is 3. The standard InChI is InChI=1S/C14H17Cl2N3O2/c1-2-13(20)18-9-3-5-19(6-4-9)14(21)10-7-12(16)17-8-11(10)15/h7-9H,2-6H2,1H3,(H,18,20). The van der Waals surface area contributed by atoms with Gasteiger partial charge in [0.1, 0.15) is 5.15 Å². The number of rotatable bonds is 3. The SMILES string of the molecule is CCC(=O)NC1CCN(C(=O)c2cc(Cl)ncc2Cl)CC1. The summed E-state index contributed by atoms with van der Waals surface area (Å²) in [5.41, 5.74) is 0.368. The zero-order valence-electron chi connectivity index (χ0n) is 11.7. The lowest BCUT2D eigenvalue weighted by atomic mass is 10.0. The Hall–Kier alpha value is -1.33. The van der Waals surface area contributed by atoms with Crippen LogP contribution in [0.2, 0.25) is 10.2 Å². The lowest BCUT2D eigenvalue weighted by Crippen LogP contribution is -2.46. The second-order valence-electron chi connectivity index (χ2n) is 4.97. The summed E-state index contributed by atoms with van der Waals surface area (Å²) in [6, 6.07) is 1.62. The van der Waals surface area contributed by atoms with Crippen LogP contribution in [0.1, 0.15) is 36.5 Å². The predicted octanol–water partition coefficient (Wildman–Crippen LogP) is 2.52. The van der Waals surface area contributed by atoms with Crippen molar-refractivity contribution in [2.24, 2.45) is 0 Å². The van der Waals surface area contributed by atoms with Crippen molar-refractivity contribution >= 4 is 35.0 Å². The van der Waals surface area contributed by atoms with Gasteiger partial charge in [0.2, 0.25) is 5.91 Å². The van der Waals surface area contributed by atoms with Crippen molar-refractivity contribution in [2.75, 3.05) is 13.1 Å². The van der Waals surface area contributed by atoms with Crippen LogP contribution in [-0.4, -0.2) is 40.8 Å². The number of hydrogen-bond donors (Lipinski definition) is 1. The number of halogens is 2. The molecule has 0 spiro atoms. The largest absolute Gasteiger partial charge is 0.353 e. The molecule has 7 heteroatoms. The van der Waals surface area contributed by atoms with E-state index in [1.807, 2.05) is 6.92 Å². The van der Waals surface area contributed by atoms with Gasteiger partial charge in [-0.15, -0.1) is 0 Å². The maximum atomic E-state index is 12.4. The van der Waals surface area contributed by atoms with E-state index in [1.165, 1.54) is 12.3 Å². The second kappa shape index (κ2) is 7.09. The van der Waals surface area contributed by atoms with Crippen LogP contribution >= 0.6 is 23.2 Å². The highest BCUT2D eigenvalue weighted by molar-refractivity contribution is 6.35. The molecule has 114 valence electrons. The number of amides is 2. The van der Waals surface area contributed by atoms with Crippen LogP contribution in [0.25, 0.3) is 0 Å². The van der Waals surface area contributed by atoms with Crippen LogP contribution < -0.4 is 5.32 Å². The summed E-state index contributed by atoms with van der Waals surface area (Å²) >= 11 is 11.8. The molecular weight excluding hydrogens is 313 g/mol. The molecule has 1 aromatic rings. The van der Waals surface area contributed by atoms with Gasteiger partial charge < -0.3 is 10.2 Å². The van der Waals surface area contributed by atoms with E-state index in [1.54, 1.807) is 4.90 Å². The molecular formula is C14H17Cl2N3O2. The molecule has 1 saturated heterocycles. The van der Waals surface area contributed by atoms with Crippen LogP contribution in [0.3, 0.4) is 0 Å². The maximum absolute atomic E-state index is 12.4. The molecule has 0 unspecified atom stereocenters. The quantitative estimate of drug-likeness (QED) is 0.866. The molecule has 2 amide bonds. The van der Waals surface area contributed by atoms with Gasteiger partial charge in [0.25, 0.3) is 5.91 Å². The van der Waals surface area contributed by atoms with Gasteiger partial charge in [-0.1, -0.05) is 30.1 Å². The fourth-order valence-corrected chi connectivity index (χ4v) is 2.65. The summed E-state index contributed by atoms with van der Waals surface area (Å²) < 4.78 is 0. The number of nitrogens with one attached hydrogen (secondary N) is 1. The van der Waals surface area contributed by atoms with E-state index in [0.29, 0.717) is 30.1 Å². The number of likely N-dealkylation sites (tertiary alicyclic amines) is 1. The summed E-state index contributed by atoms with van der Waals surface area (Å²) in [4.78, 5) is 29.4. The van der Waals surface area contributed by atoms with Gasteiger partial charge in [0, 0.05) is 31.7 Å². The molecule has 1 aromatic heterocycles. The molecule has 1 aliphatic heterocycles. The smallest absolute Gasteiger partial charge is 0.255 e. The van der Waals surface area contributed by atoms with Gasteiger partial charge in [-0.3, -0.25) is 9.59 Å². The molecule has 1 aliphatic rings. The fraction of sp³-hybridized carbons (Fsp3) is 0.500. The van der Waals surface area contributed by atoms with E-state index in [-0.39, 0.29) is 23.0 Å². The highest BCUT2D eigenvalue weighted by Gasteiger charge is 2.25. The number of piperidine rings is 1. The first-order valence-electron chi connectivity index (χ1n) is 6.91. The molecule has 0 atom stereocenters. The average Bonchev–Trinajstić information content (AvgIpc) is 2.49. The van der Waals surface area contributed by atoms with Gasteiger partial charge >= 0.3 is 0 Å². The first-order valence-corrected chi connectivity index (χ1v) is 7.66. The number of aromatic nitrogens is 1. The van der Waals surface area contributed by atoms with Gasteiger partial charge in [0.15, 0.2) is 0 Å². The maximum Gasteiger partial charge on any atom is 0.255 e. The Morgan fingerprint density at radius 3 is 2.67 bits per heavy atom. The van der Waals surface area contributed by atoms with Crippen LogP contribution in [-0.2, 0) is 4.79 Å². The topological polar surface area (TPSA) is 62.3 Å². The number of nitrogens with zero attached hydrogens (tertiary/aromatic N) is 2. The van der Waals surface area contributed by atoms with Crippen molar-refractivity contribution in [3.05, 3.63) is 28.0 Å². The molecule has 2 heterocycles. The summed E-state index contributed by atoms with van der Waals surface area (Å²) in [6.45, 7) is 3.00. The summed E-state index contributed by atoms with van der Waals surface area (Å²) in [7, 11) is 0. The molecule has 21 heavy (non-hydrogen) atoms. The highest BCUT2D eigenvalue weighted by Crippen LogP contribution is 2.22.